The minimum atomic E-state index is -0.223. The van der Waals surface area contributed by atoms with E-state index in [1.54, 1.807) is 17.0 Å². The molecule has 4 rings (SSSR count). The average Bonchev–Trinajstić information content (AvgIpc) is 3.19. The summed E-state index contributed by atoms with van der Waals surface area (Å²) >= 11 is 0. The maximum atomic E-state index is 12.6. The third kappa shape index (κ3) is 4.77. The Hall–Kier alpha value is -3.20. The number of carbonyl (C=O) groups excluding carboxylic acids is 3. The summed E-state index contributed by atoms with van der Waals surface area (Å²) in [7, 11) is 0. The first kappa shape index (κ1) is 21.0. The summed E-state index contributed by atoms with van der Waals surface area (Å²) in [5, 5.41) is 2.83. The van der Waals surface area contributed by atoms with Crippen LogP contribution < -0.4 is 14.8 Å². The van der Waals surface area contributed by atoms with E-state index in [1.807, 2.05) is 17.9 Å². The van der Waals surface area contributed by atoms with Gasteiger partial charge in [0.05, 0.1) is 12.2 Å². The Morgan fingerprint density at radius 2 is 1.74 bits per heavy atom. The van der Waals surface area contributed by atoms with Gasteiger partial charge in [-0.1, -0.05) is 6.08 Å². The largest absolute Gasteiger partial charge is 0.486 e. The molecule has 0 saturated carbocycles. The third-order valence-electron chi connectivity index (χ3n) is 5.51. The second-order valence-corrected chi connectivity index (χ2v) is 7.82. The molecule has 1 aromatic carbocycles. The Labute approximate surface area is 180 Å². The molecule has 3 aliphatic heterocycles. The van der Waals surface area contributed by atoms with E-state index in [-0.39, 0.29) is 24.1 Å². The molecule has 3 aliphatic rings. The van der Waals surface area contributed by atoms with Gasteiger partial charge in [-0.05, 0) is 19.9 Å². The first-order valence-corrected chi connectivity index (χ1v) is 10.4. The van der Waals surface area contributed by atoms with Gasteiger partial charge >= 0.3 is 0 Å². The number of anilines is 1. The fraction of sp³-hybridized carbons (Fsp3) is 0.455. The van der Waals surface area contributed by atoms with Crippen molar-refractivity contribution in [2.45, 2.75) is 20.3 Å². The molecule has 1 saturated heterocycles. The van der Waals surface area contributed by atoms with E-state index in [1.165, 1.54) is 6.92 Å². The lowest BCUT2D eigenvalue weighted by atomic mass is 10.1. The van der Waals surface area contributed by atoms with Crippen LogP contribution in [0.25, 0.3) is 0 Å². The van der Waals surface area contributed by atoms with Crippen molar-refractivity contribution in [3.8, 4) is 11.5 Å². The van der Waals surface area contributed by atoms with Gasteiger partial charge in [-0.15, -0.1) is 0 Å². The monoisotopic (exact) mass is 426 g/mol. The predicted molar refractivity (Wildman–Crippen MR) is 115 cm³/mol. The van der Waals surface area contributed by atoms with Gasteiger partial charge in [-0.3, -0.25) is 24.3 Å². The van der Waals surface area contributed by atoms with Crippen molar-refractivity contribution in [2.24, 2.45) is 4.99 Å². The zero-order chi connectivity index (χ0) is 22.0. The number of allylic oxidation sites excluding steroid dienone is 2. The molecule has 1 aromatic rings. The lowest BCUT2D eigenvalue weighted by Gasteiger charge is -2.34. The Bertz CT molecular complexity index is 976. The maximum absolute atomic E-state index is 12.6. The van der Waals surface area contributed by atoms with Gasteiger partial charge in [0.1, 0.15) is 18.9 Å². The number of rotatable bonds is 5. The molecular weight excluding hydrogens is 400 g/mol. The van der Waals surface area contributed by atoms with E-state index in [9.17, 15) is 14.4 Å². The summed E-state index contributed by atoms with van der Waals surface area (Å²) in [4.78, 5) is 45.3. The highest BCUT2D eigenvalue weighted by atomic mass is 16.6. The molecule has 1 fully saturated rings. The van der Waals surface area contributed by atoms with Crippen LogP contribution in [0.4, 0.5) is 5.69 Å². The molecule has 31 heavy (non-hydrogen) atoms. The number of hydrogen-bond donors (Lipinski definition) is 1. The van der Waals surface area contributed by atoms with Crippen molar-refractivity contribution in [3.05, 3.63) is 29.5 Å². The smallest absolute Gasteiger partial charge is 0.268 e. The lowest BCUT2D eigenvalue weighted by molar-refractivity contribution is -0.126. The van der Waals surface area contributed by atoms with Crippen molar-refractivity contribution in [1.29, 1.82) is 0 Å². The molecule has 0 unspecified atom stereocenters. The maximum Gasteiger partial charge on any atom is 0.268 e. The first-order chi connectivity index (χ1) is 14.9. The molecule has 3 heterocycles. The summed E-state index contributed by atoms with van der Waals surface area (Å²) in [6.45, 7) is 6.65. The number of aliphatic imine (C=N–C) groups is 1. The van der Waals surface area contributed by atoms with Crippen LogP contribution in [0.2, 0.25) is 0 Å². The molecule has 0 aliphatic carbocycles. The second-order valence-electron chi connectivity index (χ2n) is 7.82. The minimum absolute atomic E-state index is 0.0282. The molecule has 9 nitrogen and oxygen atoms in total. The predicted octanol–water partition coefficient (Wildman–Crippen LogP) is 1.49. The van der Waals surface area contributed by atoms with Gasteiger partial charge < -0.3 is 19.7 Å². The summed E-state index contributed by atoms with van der Waals surface area (Å²) in [5.74, 6) is 0.600. The summed E-state index contributed by atoms with van der Waals surface area (Å²) < 4.78 is 11.1. The van der Waals surface area contributed by atoms with Gasteiger partial charge in [-0.2, -0.15) is 0 Å². The van der Waals surface area contributed by atoms with E-state index in [0.717, 1.165) is 5.70 Å². The number of amides is 2. The van der Waals surface area contributed by atoms with Crippen molar-refractivity contribution in [3.63, 3.8) is 0 Å². The van der Waals surface area contributed by atoms with Crippen LogP contribution in [0.3, 0.4) is 0 Å². The molecular formula is C22H26N4O5. The fourth-order valence-electron chi connectivity index (χ4n) is 3.85. The van der Waals surface area contributed by atoms with Crippen LogP contribution in [0.5, 0.6) is 11.5 Å². The Kier molecular flexibility index (Phi) is 6.03. The van der Waals surface area contributed by atoms with Crippen LogP contribution >= 0.6 is 0 Å². The zero-order valence-corrected chi connectivity index (χ0v) is 17.8. The standard InChI is InChI=1S/C22H26N4O5/c1-14-3-4-17(23-14)22(29)26-7-5-25(6-8-26)13-21(28)24-18-12-20-19(30-9-10-31-20)11-16(18)15(2)27/h3,11-12H,4-10,13H2,1-2H3,(H,24,28). The van der Waals surface area contributed by atoms with E-state index in [4.69, 9.17) is 9.47 Å². The van der Waals surface area contributed by atoms with Crippen LogP contribution in [-0.4, -0.2) is 79.0 Å². The number of carbonyl (C=O) groups is 3. The molecule has 0 spiro atoms. The molecule has 1 N–H and O–H groups in total. The molecule has 164 valence electrons. The molecule has 0 bridgehead atoms. The van der Waals surface area contributed by atoms with Crippen LogP contribution in [0.15, 0.2) is 28.9 Å². The number of Topliss-reactive ketones (excluding diaryl/α,β-unsaturated/α-hetero) is 1. The summed E-state index contributed by atoms with van der Waals surface area (Å²) in [5.41, 5.74) is 2.26. The quantitative estimate of drug-likeness (QED) is 0.716. The van der Waals surface area contributed by atoms with E-state index in [0.29, 0.717) is 74.3 Å². The van der Waals surface area contributed by atoms with E-state index < -0.39 is 0 Å². The van der Waals surface area contributed by atoms with Gasteiger partial charge in [-0.25, -0.2) is 0 Å². The molecule has 2 amide bonds. The third-order valence-corrected chi connectivity index (χ3v) is 5.51. The summed E-state index contributed by atoms with van der Waals surface area (Å²) in [6.07, 6.45) is 2.53. The van der Waals surface area contributed by atoms with Gasteiger partial charge in [0.15, 0.2) is 17.3 Å². The number of fused-ring (bicyclic) bond motifs is 1. The van der Waals surface area contributed by atoms with Crippen molar-refractivity contribution < 1.29 is 23.9 Å². The molecule has 0 aromatic heterocycles. The number of hydrogen-bond acceptors (Lipinski definition) is 7. The number of nitrogens with zero attached hydrogens (tertiary/aromatic N) is 3. The molecule has 0 radical (unpaired) electrons. The average molecular weight is 426 g/mol. The normalized spacial score (nSPS) is 18.3. The van der Waals surface area contributed by atoms with E-state index in [2.05, 4.69) is 10.3 Å². The van der Waals surface area contributed by atoms with Gasteiger partial charge in [0.25, 0.3) is 5.91 Å². The topological polar surface area (TPSA) is 101 Å². The number of piperazine rings is 1. The Morgan fingerprint density at radius 3 is 2.35 bits per heavy atom. The van der Waals surface area contributed by atoms with Crippen molar-refractivity contribution in [1.82, 2.24) is 9.80 Å². The summed E-state index contributed by atoms with van der Waals surface area (Å²) in [6, 6.07) is 3.25. The van der Waals surface area contributed by atoms with Crippen LogP contribution in [0, 0.1) is 0 Å². The molecule has 0 atom stereocenters. The zero-order valence-electron chi connectivity index (χ0n) is 17.8. The number of ketones is 1. The highest BCUT2D eigenvalue weighted by Crippen LogP contribution is 2.35. The molecule has 9 heteroatoms. The minimum Gasteiger partial charge on any atom is -0.486 e. The van der Waals surface area contributed by atoms with Crippen molar-refractivity contribution >= 4 is 29.0 Å². The Morgan fingerprint density at radius 1 is 1.06 bits per heavy atom. The highest BCUT2D eigenvalue weighted by molar-refractivity contribution is 6.39. The van der Waals surface area contributed by atoms with Crippen LogP contribution in [0.1, 0.15) is 30.6 Å². The second kappa shape index (κ2) is 8.89. The first-order valence-electron chi connectivity index (χ1n) is 10.4. The van der Waals surface area contributed by atoms with Gasteiger partial charge in [0, 0.05) is 49.9 Å². The van der Waals surface area contributed by atoms with Gasteiger partial charge in [0.2, 0.25) is 5.91 Å². The number of nitrogens with one attached hydrogen (secondary N) is 1. The van der Waals surface area contributed by atoms with Crippen molar-refractivity contribution in [2.75, 3.05) is 51.3 Å². The Balaban J connectivity index is 1.33. The highest BCUT2D eigenvalue weighted by Gasteiger charge is 2.27. The number of benzene rings is 1. The lowest BCUT2D eigenvalue weighted by Crippen LogP contribution is -2.51. The fourth-order valence-corrected chi connectivity index (χ4v) is 3.85. The van der Waals surface area contributed by atoms with Crippen LogP contribution in [-0.2, 0) is 9.59 Å². The number of ether oxygens (including phenoxy) is 2. The van der Waals surface area contributed by atoms with E-state index >= 15 is 0 Å². The SMILES string of the molecule is CC(=O)c1cc2c(cc1NC(=O)CN1CCN(C(=O)C3=NC(C)=CC3)CC1)OCCO2.